The maximum absolute atomic E-state index is 12.3. The quantitative estimate of drug-likeness (QED) is 0.508. The molecule has 5 nitrogen and oxygen atoms in total. The van der Waals surface area contributed by atoms with Gasteiger partial charge in [-0.3, -0.25) is 4.79 Å². The van der Waals surface area contributed by atoms with E-state index >= 15 is 0 Å². The van der Waals surface area contributed by atoms with Crippen LogP contribution in [0.5, 0.6) is 0 Å². The summed E-state index contributed by atoms with van der Waals surface area (Å²) < 4.78 is 6.76. The highest BCUT2D eigenvalue weighted by atomic mass is 32.1. The Morgan fingerprint density at radius 1 is 1.22 bits per heavy atom. The first-order valence-corrected chi connectivity index (χ1v) is 10.4. The first kappa shape index (κ1) is 17.9. The Balaban J connectivity index is 1.33. The smallest absolute Gasteiger partial charge is 0.226 e. The highest BCUT2D eigenvalue weighted by Gasteiger charge is 2.15. The predicted molar refractivity (Wildman–Crippen MR) is 109 cm³/mol. The zero-order valence-corrected chi connectivity index (χ0v) is 16.7. The summed E-state index contributed by atoms with van der Waals surface area (Å²) in [6, 6.07) is 11.9. The van der Waals surface area contributed by atoms with Crippen LogP contribution in [-0.2, 0) is 11.2 Å². The molecule has 1 atom stereocenters. The van der Waals surface area contributed by atoms with Crippen molar-refractivity contribution < 1.29 is 9.21 Å². The van der Waals surface area contributed by atoms with Crippen molar-refractivity contribution in [1.82, 2.24) is 15.3 Å². The molecule has 1 aromatic carbocycles. The Morgan fingerprint density at radius 2 is 2.07 bits per heavy atom. The highest BCUT2D eigenvalue weighted by Crippen LogP contribution is 2.27. The number of para-hydroxylation sites is 1. The molecule has 0 radical (unpaired) electrons. The van der Waals surface area contributed by atoms with E-state index in [2.05, 4.69) is 28.3 Å². The van der Waals surface area contributed by atoms with Crippen LogP contribution >= 0.6 is 22.7 Å². The van der Waals surface area contributed by atoms with Crippen molar-refractivity contribution >= 4 is 38.8 Å². The van der Waals surface area contributed by atoms with Gasteiger partial charge in [0.05, 0.1) is 27.3 Å². The molecule has 1 unspecified atom stereocenters. The van der Waals surface area contributed by atoms with Gasteiger partial charge in [-0.05, 0) is 31.2 Å². The van der Waals surface area contributed by atoms with Gasteiger partial charge in [0.2, 0.25) is 5.91 Å². The average molecular weight is 398 g/mol. The molecule has 3 heterocycles. The fraction of sp³-hybridized carbons (Fsp3) is 0.250. The van der Waals surface area contributed by atoms with Crippen molar-refractivity contribution in [1.29, 1.82) is 0 Å². The van der Waals surface area contributed by atoms with E-state index in [9.17, 15) is 4.79 Å². The number of furan rings is 1. The number of rotatable bonds is 6. The van der Waals surface area contributed by atoms with Crippen LogP contribution in [0, 0.1) is 6.92 Å². The third-order valence-corrected chi connectivity index (χ3v) is 6.36. The summed E-state index contributed by atoms with van der Waals surface area (Å²) in [4.78, 5) is 21.4. The minimum absolute atomic E-state index is 0.0320. The number of carbonyl (C=O) groups excluding carboxylic acids is 1. The number of aryl methyl sites for hydroxylation is 1. The lowest BCUT2D eigenvalue weighted by atomic mass is 10.2. The van der Waals surface area contributed by atoms with Crippen molar-refractivity contribution in [2.24, 2.45) is 0 Å². The maximum atomic E-state index is 12.3. The number of benzene rings is 1. The van der Waals surface area contributed by atoms with Gasteiger partial charge in [-0.1, -0.05) is 19.1 Å². The van der Waals surface area contributed by atoms with Gasteiger partial charge in [0.15, 0.2) is 10.8 Å². The molecule has 7 heteroatoms. The van der Waals surface area contributed by atoms with Crippen molar-refractivity contribution in [2.75, 3.05) is 6.54 Å². The number of fused-ring (bicyclic) bond motifs is 1. The molecule has 0 fully saturated rings. The fourth-order valence-corrected chi connectivity index (χ4v) is 4.53. The summed E-state index contributed by atoms with van der Waals surface area (Å²) in [5, 5.41) is 6.74. The summed E-state index contributed by atoms with van der Waals surface area (Å²) in [5.41, 5.74) is 1.77. The number of hydrogen-bond acceptors (Lipinski definition) is 6. The van der Waals surface area contributed by atoms with E-state index in [1.807, 2.05) is 42.6 Å². The molecule has 4 rings (SSSR count). The Labute approximate surface area is 165 Å². The van der Waals surface area contributed by atoms with Crippen molar-refractivity contribution in [3.8, 4) is 10.8 Å². The van der Waals surface area contributed by atoms with Crippen molar-refractivity contribution in [3.05, 3.63) is 58.2 Å². The summed E-state index contributed by atoms with van der Waals surface area (Å²) in [7, 11) is 0. The summed E-state index contributed by atoms with van der Waals surface area (Å²) in [5.74, 6) is 1.73. The van der Waals surface area contributed by atoms with E-state index in [0.29, 0.717) is 6.54 Å². The van der Waals surface area contributed by atoms with Gasteiger partial charge in [-0.25, -0.2) is 9.97 Å². The van der Waals surface area contributed by atoms with Crippen LogP contribution in [0.2, 0.25) is 0 Å². The zero-order chi connectivity index (χ0) is 18.8. The molecule has 0 saturated carbocycles. The lowest BCUT2D eigenvalue weighted by Crippen LogP contribution is -2.28. The lowest BCUT2D eigenvalue weighted by molar-refractivity contribution is -0.120. The van der Waals surface area contributed by atoms with Crippen LogP contribution in [-0.4, -0.2) is 22.4 Å². The SMILES string of the molecule is Cc1ccc(-c2nc(CC(=O)NCC(C)c3nc4ccccc4s3)cs2)o1. The van der Waals surface area contributed by atoms with Crippen LogP contribution < -0.4 is 5.32 Å². The van der Waals surface area contributed by atoms with Gasteiger partial charge in [0, 0.05) is 17.8 Å². The summed E-state index contributed by atoms with van der Waals surface area (Å²) in [6.45, 7) is 4.54. The van der Waals surface area contributed by atoms with E-state index in [4.69, 9.17) is 4.42 Å². The molecule has 0 bridgehead atoms. The Hall–Kier alpha value is -2.51. The average Bonchev–Trinajstić information content (AvgIpc) is 3.38. The maximum Gasteiger partial charge on any atom is 0.226 e. The number of amides is 1. The van der Waals surface area contributed by atoms with Crippen molar-refractivity contribution in [2.45, 2.75) is 26.2 Å². The van der Waals surface area contributed by atoms with Crippen LogP contribution in [0.1, 0.15) is 29.3 Å². The Kier molecular flexibility index (Phi) is 5.05. The third-order valence-electron chi connectivity index (χ3n) is 4.18. The van der Waals surface area contributed by atoms with Gasteiger partial charge < -0.3 is 9.73 Å². The molecular formula is C20H19N3O2S2. The molecule has 4 aromatic rings. The number of hydrogen-bond donors (Lipinski definition) is 1. The standard InChI is InChI=1S/C20H19N3O2S2/c1-12(19-23-15-5-3-4-6-17(15)27-19)10-21-18(24)9-14-11-26-20(22-14)16-8-7-13(2)25-16/h3-8,11-12H,9-10H2,1-2H3,(H,21,24). The second-order valence-corrected chi connectivity index (χ2v) is 8.38. The van der Waals surface area contributed by atoms with Crippen LogP contribution in [0.15, 0.2) is 46.2 Å². The van der Waals surface area contributed by atoms with Gasteiger partial charge in [-0.15, -0.1) is 22.7 Å². The second-order valence-electron chi connectivity index (χ2n) is 6.46. The number of carbonyl (C=O) groups is 1. The molecule has 1 amide bonds. The Morgan fingerprint density at radius 3 is 2.85 bits per heavy atom. The number of thiazole rings is 2. The van der Waals surface area contributed by atoms with E-state index in [1.165, 1.54) is 16.0 Å². The highest BCUT2D eigenvalue weighted by molar-refractivity contribution is 7.18. The minimum Gasteiger partial charge on any atom is -0.459 e. The first-order valence-electron chi connectivity index (χ1n) is 8.72. The summed E-state index contributed by atoms with van der Waals surface area (Å²) >= 11 is 3.17. The van der Waals surface area contributed by atoms with Gasteiger partial charge in [-0.2, -0.15) is 0 Å². The van der Waals surface area contributed by atoms with Crippen LogP contribution in [0.25, 0.3) is 21.0 Å². The minimum atomic E-state index is -0.0320. The van der Waals surface area contributed by atoms with Crippen molar-refractivity contribution in [3.63, 3.8) is 0 Å². The normalized spacial score (nSPS) is 12.4. The molecule has 0 saturated heterocycles. The molecule has 0 spiro atoms. The molecule has 0 aliphatic heterocycles. The monoisotopic (exact) mass is 397 g/mol. The molecule has 0 aliphatic rings. The topological polar surface area (TPSA) is 68.0 Å². The molecule has 138 valence electrons. The van der Waals surface area contributed by atoms with E-state index in [-0.39, 0.29) is 18.2 Å². The number of nitrogens with zero attached hydrogens (tertiary/aromatic N) is 2. The molecule has 1 N–H and O–H groups in total. The number of nitrogens with one attached hydrogen (secondary N) is 1. The summed E-state index contributed by atoms with van der Waals surface area (Å²) in [6.07, 6.45) is 0.267. The third kappa shape index (κ3) is 4.09. The van der Waals surface area contributed by atoms with Gasteiger partial charge in [0.25, 0.3) is 0 Å². The fourth-order valence-electron chi connectivity index (χ4n) is 2.73. The second kappa shape index (κ2) is 7.62. The molecular weight excluding hydrogens is 378 g/mol. The van der Waals surface area contributed by atoms with E-state index in [0.717, 1.165) is 32.7 Å². The van der Waals surface area contributed by atoms with Crippen LogP contribution in [0.4, 0.5) is 0 Å². The number of aromatic nitrogens is 2. The molecule has 0 aliphatic carbocycles. The van der Waals surface area contributed by atoms with Gasteiger partial charge >= 0.3 is 0 Å². The largest absolute Gasteiger partial charge is 0.459 e. The zero-order valence-electron chi connectivity index (χ0n) is 15.1. The molecule has 27 heavy (non-hydrogen) atoms. The van der Waals surface area contributed by atoms with Gasteiger partial charge in [0.1, 0.15) is 5.76 Å². The lowest BCUT2D eigenvalue weighted by Gasteiger charge is -2.09. The molecule has 3 aromatic heterocycles. The predicted octanol–water partition coefficient (Wildman–Crippen LogP) is 4.78. The Bertz CT molecular complexity index is 1050. The first-order chi connectivity index (χ1) is 13.1. The van der Waals surface area contributed by atoms with E-state index in [1.54, 1.807) is 11.3 Å². The van der Waals surface area contributed by atoms with Crippen LogP contribution in [0.3, 0.4) is 0 Å². The van der Waals surface area contributed by atoms with E-state index < -0.39 is 0 Å².